The second kappa shape index (κ2) is 6.74. The Morgan fingerprint density at radius 3 is 2.61 bits per heavy atom. The minimum absolute atomic E-state index is 0.138. The molecule has 0 fully saturated rings. The van der Waals surface area contributed by atoms with Gasteiger partial charge in [-0.15, -0.1) is 0 Å². The molecule has 18 heavy (non-hydrogen) atoms. The zero-order valence-electron chi connectivity index (χ0n) is 10.6. The van der Waals surface area contributed by atoms with E-state index in [0.717, 1.165) is 5.69 Å². The van der Waals surface area contributed by atoms with Crippen LogP contribution in [0.15, 0.2) is 24.4 Å². The molecule has 5 heteroatoms. The number of amides is 1. The molecule has 1 rings (SSSR count). The molecule has 0 saturated carbocycles. The van der Waals surface area contributed by atoms with Crippen LogP contribution in [0.1, 0.15) is 26.0 Å². The number of pyridine rings is 1. The van der Waals surface area contributed by atoms with E-state index in [1.54, 1.807) is 20.0 Å². The number of rotatable bonds is 6. The number of aliphatic carboxylic acids is 1. The molecular weight excluding hydrogens is 232 g/mol. The first-order valence-electron chi connectivity index (χ1n) is 5.92. The van der Waals surface area contributed by atoms with Gasteiger partial charge in [0, 0.05) is 18.3 Å². The smallest absolute Gasteiger partial charge is 0.326 e. The van der Waals surface area contributed by atoms with Crippen molar-refractivity contribution in [3.63, 3.8) is 0 Å². The fourth-order valence-electron chi connectivity index (χ4n) is 1.55. The summed E-state index contributed by atoms with van der Waals surface area (Å²) in [7, 11) is 0. The molecule has 0 radical (unpaired) electrons. The van der Waals surface area contributed by atoms with Gasteiger partial charge in [-0.1, -0.05) is 19.9 Å². The standard InChI is InChI=1S/C13H18N2O3/c1-9(2)12(13(17)18)15-11(16)7-6-10-5-3-4-8-14-10/h3-5,8-9,12H,6-7H2,1-2H3,(H,15,16)(H,17,18). The van der Waals surface area contributed by atoms with E-state index in [2.05, 4.69) is 10.3 Å². The van der Waals surface area contributed by atoms with Crippen LogP contribution in [0.3, 0.4) is 0 Å². The van der Waals surface area contributed by atoms with E-state index in [4.69, 9.17) is 5.11 Å². The fourth-order valence-corrected chi connectivity index (χ4v) is 1.55. The SMILES string of the molecule is CC(C)C(NC(=O)CCc1ccccn1)C(=O)O. The number of aryl methyl sites for hydroxylation is 1. The fraction of sp³-hybridized carbons (Fsp3) is 0.462. The minimum atomic E-state index is -1.00. The zero-order chi connectivity index (χ0) is 13.5. The summed E-state index contributed by atoms with van der Waals surface area (Å²) in [5.41, 5.74) is 0.823. The van der Waals surface area contributed by atoms with Crippen molar-refractivity contribution >= 4 is 11.9 Å². The van der Waals surface area contributed by atoms with E-state index >= 15 is 0 Å². The number of nitrogens with zero attached hydrogens (tertiary/aromatic N) is 1. The number of hydrogen-bond acceptors (Lipinski definition) is 3. The Hall–Kier alpha value is -1.91. The van der Waals surface area contributed by atoms with Crippen LogP contribution in [0.25, 0.3) is 0 Å². The molecule has 5 nitrogen and oxygen atoms in total. The van der Waals surface area contributed by atoms with E-state index in [0.29, 0.717) is 6.42 Å². The summed E-state index contributed by atoms with van der Waals surface area (Å²) in [5.74, 6) is -1.40. The maximum Gasteiger partial charge on any atom is 0.326 e. The van der Waals surface area contributed by atoms with Gasteiger partial charge >= 0.3 is 5.97 Å². The number of aromatic nitrogens is 1. The predicted octanol–water partition coefficient (Wildman–Crippen LogP) is 1.24. The molecule has 1 amide bonds. The van der Waals surface area contributed by atoms with Crippen molar-refractivity contribution in [3.05, 3.63) is 30.1 Å². The van der Waals surface area contributed by atoms with Crippen LogP contribution in [0.4, 0.5) is 0 Å². The summed E-state index contributed by atoms with van der Waals surface area (Å²) in [4.78, 5) is 26.7. The second-order valence-corrected chi connectivity index (χ2v) is 4.45. The maximum atomic E-state index is 11.6. The topological polar surface area (TPSA) is 79.3 Å². The van der Waals surface area contributed by atoms with E-state index < -0.39 is 12.0 Å². The van der Waals surface area contributed by atoms with Crippen LogP contribution in [0.2, 0.25) is 0 Å². The Labute approximate surface area is 106 Å². The molecule has 0 aliphatic heterocycles. The minimum Gasteiger partial charge on any atom is -0.480 e. The third kappa shape index (κ3) is 4.53. The predicted molar refractivity (Wildman–Crippen MR) is 67.0 cm³/mol. The lowest BCUT2D eigenvalue weighted by Gasteiger charge is -2.17. The number of carbonyl (C=O) groups excluding carboxylic acids is 1. The first-order valence-corrected chi connectivity index (χ1v) is 5.92. The van der Waals surface area contributed by atoms with Crippen LogP contribution in [0, 0.1) is 5.92 Å². The van der Waals surface area contributed by atoms with Crippen molar-refractivity contribution in [2.45, 2.75) is 32.7 Å². The highest BCUT2D eigenvalue weighted by Gasteiger charge is 2.22. The van der Waals surface area contributed by atoms with Gasteiger partial charge < -0.3 is 10.4 Å². The van der Waals surface area contributed by atoms with Crippen molar-refractivity contribution in [2.75, 3.05) is 0 Å². The van der Waals surface area contributed by atoms with E-state index in [9.17, 15) is 9.59 Å². The first kappa shape index (κ1) is 14.2. The van der Waals surface area contributed by atoms with E-state index in [1.165, 1.54) is 0 Å². The third-order valence-corrected chi connectivity index (χ3v) is 2.58. The van der Waals surface area contributed by atoms with Gasteiger partial charge in [0.1, 0.15) is 6.04 Å². The quantitative estimate of drug-likeness (QED) is 0.796. The summed E-state index contributed by atoms with van der Waals surface area (Å²) >= 11 is 0. The molecule has 0 aliphatic carbocycles. The van der Waals surface area contributed by atoms with Crippen molar-refractivity contribution in [3.8, 4) is 0 Å². The van der Waals surface area contributed by atoms with E-state index in [1.807, 2.05) is 18.2 Å². The Morgan fingerprint density at radius 2 is 2.11 bits per heavy atom. The Morgan fingerprint density at radius 1 is 1.39 bits per heavy atom. The normalized spacial score (nSPS) is 12.2. The molecular formula is C13H18N2O3. The van der Waals surface area contributed by atoms with Gasteiger partial charge in [-0.05, 0) is 24.5 Å². The summed E-state index contributed by atoms with van der Waals surface area (Å²) in [6.45, 7) is 3.52. The molecule has 2 N–H and O–H groups in total. The first-order chi connectivity index (χ1) is 8.50. The van der Waals surface area contributed by atoms with Gasteiger partial charge in [-0.25, -0.2) is 4.79 Å². The molecule has 0 bridgehead atoms. The summed E-state index contributed by atoms with van der Waals surface area (Å²) in [6, 6.07) is 4.67. The molecule has 0 aliphatic rings. The molecule has 1 heterocycles. The summed E-state index contributed by atoms with van der Waals surface area (Å²) < 4.78 is 0. The van der Waals surface area contributed by atoms with Crippen molar-refractivity contribution < 1.29 is 14.7 Å². The highest BCUT2D eigenvalue weighted by molar-refractivity contribution is 5.83. The Bertz CT molecular complexity index is 404. The number of carboxylic acids is 1. The summed E-state index contributed by atoms with van der Waals surface area (Å²) in [5, 5.41) is 11.5. The lowest BCUT2D eigenvalue weighted by molar-refractivity contribution is -0.143. The van der Waals surface area contributed by atoms with E-state index in [-0.39, 0.29) is 18.2 Å². The van der Waals surface area contributed by atoms with Crippen molar-refractivity contribution in [2.24, 2.45) is 5.92 Å². The van der Waals surface area contributed by atoms with Crippen LogP contribution in [0.5, 0.6) is 0 Å². The van der Waals surface area contributed by atoms with Crippen molar-refractivity contribution in [1.29, 1.82) is 0 Å². The number of carboxylic acid groups (broad SMARTS) is 1. The van der Waals surface area contributed by atoms with Crippen LogP contribution in [-0.4, -0.2) is 28.0 Å². The number of nitrogens with one attached hydrogen (secondary N) is 1. The molecule has 1 aromatic heterocycles. The maximum absolute atomic E-state index is 11.6. The van der Waals surface area contributed by atoms with Gasteiger partial charge in [0.15, 0.2) is 0 Å². The molecule has 0 saturated heterocycles. The Kier molecular flexibility index (Phi) is 5.30. The van der Waals surface area contributed by atoms with Gasteiger partial charge in [0.05, 0.1) is 0 Å². The number of carbonyl (C=O) groups is 2. The second-order valence-electron chi connectivity index (χ2n) is 4.45. The zero-order valence-corrected chi connectivity index (χ0v) is 10.6. The molecule has 0 spiro atoms. The van der Waals surface area contributed by atoms with Crippen LogP contribution in [-0.2, 0) is 16.0 Å². The third-order valence-electron chi connectivity index (χ3n) is 2.58. The average Bonchev–Trinajstić information content (AvgIpc) is 2.34. The Balaban J connectivity index is 2.44. The number of hydrogen-bond donors (Lipinski definition) is 2. The highest BCUT2D eigenvalue weighted by atomic mass is 16.4. The molecule has 1 unspecified atom stereocenters. The largest absolute Gasteiger partial charge is 0.480 e. The lowest BCUT2D eigenvalue weighted by Crippen LogP contribution is -2.44. The molecule has 1 aromatic rings. The van der Waals surface area contributed by atoms with Gasteiger partial charge in [-0.2, -0.15) is 0 Å². The van der Waals surface area contributed by atoms with Gasteiger partial charge in [0.2, 0.25) is 5.91 Å². The monoisotopic (exact) mass is 250 g/mol. The highest BCUT2D eigenvalue weighted by Crippen LogP contribution is 2.03. The van der Waals surface area contributed by atoms with Gasteiger partial charge in [-0.3, -0.25) is 9.78 Å². The van der Waals surface area contributed by atoms with Gasteiger partial charge in [0.25, 0.3) is 0 Å². The van der Waals surface area contributed by atoms with Crippen molar-refractivity contribution in [1.82, 2.24) is 10.3 Å². The van der Waals surface area contributed by atoms with Crippen LogP contribution >= 0.6 is 0 Å². The summed E-state index contributed by atoms with van der Waals surface area (Å²) in [6.07, 6.45) is 2.42. The molecule has 98 valence electrons. The average molecular weight is 250 g/mol. The lowest BCUT2D eigenvalue weighted by atomic mass is 10.0. The molecule has 0 aromatic carbocycles. The van der Waals surface area contributed by atoms with Crippen LogP contribution < -0.4 is 5.32 Å². The molecule has 1 atom stereocenters.